The number of nitrogens with zero attached hydrogens (tertiary/aromatic N) is 1. The molecule has 0 radical (unpaired) electrons. The summed E-state index contributed by atoms with van der Waals surface area (Å²) in [5.41, 5.74) is 3.66. The van der Waals surface area contributed by atoms with Gasteiger partial charge in [-0.05, 0) is 77.2 Å². The number of ketones is 2. The molecule has 34 heavy (non-hydrogen) atoms. The second kappa shape index (κ2) is 10.9. The maximum absolute atomic E-state index is 12.3. The molecule has 0 aliphatic rings. The van der Waals surface area contributed by atoms with Crippen LogP contribution in [0, 0.1) is 0 Å². The summed E-state index contributed by atoms with van der Waals surface area (Å²) in [6, 6.07) is 17.0. The Labute approximate surface area is 197 Å². The molecule has 0 saturated heterocycles. The molecule has 0 amide bonds. The number of ether oxygens (including phenoxy) is 2. The standard InChI is InChI=1S/C28H24N2O4/c1-33-28-18-26(34-19-21-10-13-29-14-11-21)8-5-22(28)4-7-25(32)17-24(31)6-2-20-3-9-27-23(16-20)12-15-30-27/h2-16,18,30H,17,19H2,1H3/b6-2+,7-4+. The quantitative estimate of drug-likeness (QED) is 0.257. The minimum absolute atomic E-state index is 0.200. The molecule has 6 heteroatoms. The number of hydrogen-bond acceptors (Lipinski definition) is 5. The second-order valence-electron chi connectivity index (χ2n) is 7.65. The zero-order chi connectivity index (χ0) is 23.8. The number of rotatable bonds is 10. The number of H-pyrrole nitrogens is 1. The van der Waals surface area contributed by atoms with E-state index in [1.807, 2.05) is 54.7 Å². The zero-order valence-electron chi connectivity index (χ0n) is 18.7. The van der Waals surface area contributed by atoms with E-state index in [-0.39, 0.29) is 18.0 Å². The van der Waals surface area contributed by atoms with Gasteiger partial charge in [-0.2, -0.15) is 0 Å². The molecule has 2 heterocycles. The van der Waals surface area contributed by atoms with Gasteiger partial charge in [0.1, 0.15) is 18.1 Å². The van der Waals surface area contributed by atoms with E-state index in [0.29, 0.717) is 18.1 Å². The third-order valence-electron chi connectivity index (χ3n) is 5.20. The molecule has 2 aromatic carbocycles. The van der Waals surface area contributed by atoms with Gasteiger partial charge in [-0.3, -0.25) is 14.6 Å². The number of fused-ring (bicyclic) bond motifs is 1. The lowest BCUT2D eigenvalue weighted by Gasteiger charge is -2.10. The number of carbonyl (C=O) groups excluding carboxylic acids is 2. The molecule has 0 aliphatic heterocycles. The van der Waals surface area contributed by atoms with Gasteiger partial charge in [0.2, 0.25) is 0 Å². The maximum Gasteiger partial charge on any atom is 0.163 e. The first kappa shape index (κ1) is 22.7. The number of aromatic nitrogens is 2. The molecule has 0 saturated carbocycles. The average molecular weight is 453 g/mol. The van der Waals surface area contributed by atoms with Crippen molar-refractivity contribution in [2.45, 2.75) is 13.0 Å². The van der Waals surface area contributed by atoms with Crippen molar-refractivity contribution in [2.75, 3.05) is 7.11 Å². The fourth-order valence-corrected chi connectivity index (χ4v) is 3.40. The third-order valence-corrected chi connectivity index (χ3v) is 5.20. The highest BCUT2D eigenvalue weighted by Crippen LogP contribution is 2.26. The monoisotopic (exact) mass is 452 g/mol. The minimum Gasteiger partial charge on any atom is -0.496 e. The van der Waals surface area contributed by atoms with Crippen molar-refractivity contribution in [3.05, 3.63) is 102 Å². The molecular formula is C28H24N2O4. The van der Waals surface area contributed by atoms with Crippen molar-refractivity contribution < 1.29 is 19.1 Å². The SMILES string of the molecule is COc1cc(OCc2ccncc2)ccc1/C=C/C(=O)CC(=O)/C=C/c1ccc2[nH]ccc2c1. The van der Waals surface area contributed by atoms with E-state index in [4.69, 9.17) is 9.47 Å². The summed E-state index contributed by atoms with van der Waals surface area (Å²) in [6.45, 7) is 0.411. The molecule has 0 aliphatic carbocycles. The van der Waals surface area contributed by atoms with Gasteiger partial charge in [-0.25, -0.2) is 0 Å². The van der Waals surface area contributed by atoms with Crippen LogP contribution < -0.4 is 9.47 Å². The smallest absolute Gasteiger partial charge is 0.163 e. The maximum atomic E-state index is 12.3. The second-order valence-corrected chi connectivity index (χ2v) is 7.65. The van der Waals surface area contributed by atoms with Crippen molar-refractivity contribution >= 4 is 34.6 Å². The van der Waals surface area contributed by atoms with Crippen LogP contribution in [0.3, 0.4) is 0 Å². The number of aromatic amines is 1. The van der Waals surface area contributed by atoms with Crippen LogP contribution in [0.4, 0.5) is 0 Å². The molecule has 2 aromatic heterocycles. The molecule has 1 N–H and O–H groups in total. The Morgan fingerprint density at radius 3 is 2.53 bits per heavy atom. The van der Waals surface area contributed by atoms with Gasteiger partial charge in [0.25, 0.3) is 0 Å². The summed E-state index contributed by atoms with van der Waals surface area (Å²) in [4.78, 5) is 31.6. The largest absolute Gasteiger partial charge is 0.496 e. The highest BCUT2D eigenvalue weighted by Gasteiger charge is 2.07. The van der Waals surface area contributed by atoms with Gasteiger partial charge >= 0.3 is 0 Å². The normalized spacial score (nSPS) is 11.3. The van der Waals surface area contributed by atoms with Gasteiger partial charge in [0, 0.05) is 35.7 Å². The van der Waals surface area contributed by atoms with Gasteiger partial charge < -0.3 is 14.5 Å². The van der Waals surface area contributed by atoms with Gasteiger partial charge in [-0.15, -0.1) is 0 Å². The predicted octanol–water partition coefficient (Wildman–Crippen LogP) is 5.41. The van der Waals surface area contributed by atoms with Crippen molar-refractivity contribution in [3.8, 4) is 11.5 Å². The molecule has 170 valence electrons. The zero-order valence-corrected chi connectivity index (χ0v) is 18.7. The lowest BCUT2D eigenvalue weighted by Crippen LogP contribution is -2.02. The first-order chi connectivity index (χ1) is 16.6. The Morgan fingerprint density at radius 2 is 1.74 bits per heavy atom. The highest BCUT2D eigenvalue weighted by atomic mass is 16.5. The van der Waals surface area contributed by atoms with Crippen LogP contribution in [-0.4, -0.2) is 28.6 Å². The lowest BCUT2D eigenvalue weighted by atomic mass is 10.1. The number of benzene rings is 2. The Morgan fingerprint density at radius 1 is 0.941 bits per heavy atom. The molecule has 0 bridgehead atoms. The lowest BCUT2D eigenvalue weighted by molar-refractivity contribution is -0.121. The number of nitrogens with one attached hydrogen (secondary N) is 1. The van der Waals surface area contributed by atoms with Crippen molar-refractivity contribution in [1.82, 2.24) is 9.97 Å². The predicted molar refractivity (Wildman–Crippen MR) is 133 cm³/mol. The summed E-state index contributed by atoms with van der Waals surface area (Å²) < 4.78 is 11.2. The van der Waals surface area contributed by atoms with Gasteiger partial charge in [0.05, 0.1) is 13.5 Å². The van der Waals surface area contributed by atoms with Crippen LogP contribution in [-0.2, 0) is 16.2 Å². The Balaban J connectivity index is 1.33. The first-order valence-electron chi connectivity index (χ1n) is 10.8. The number of allylic oxidation sites excluding steroid dienone is 2. The highest BCUT2D eigenvalue weighted by molar-refractivity contribution is 6.11. The van der Waals surface area contributed by atoms with Crippen LogP contribution in [0.15, 0.2) is 85.3 Å². The van der Waals surface area contributed by atoms with Crippen LogP contribution in [0.1, 0.15) is 23.1 Å². The Hall–Kier alpha value is -4.45. The van der Waals surface area contributed by atoms with Crippen LogP contribution >= 0.6 is 0 Å². The topological polar surface area (TPSA) is 81.3 Å². The first-order valence-corrected chi connectivity index (χ1v) is 10.8. The van der Waals surface area contributed by atoms with E-state index in [1.54, 1.807) is 37.7 Å². The average Bonchev–Trinajstić information content (AvgIpc) is 3.34. The molecule has 0 unspecified atom stereocenters. The van der Waals surface area contributed by atoms with E-state index in [2.05, 4.69) is 9.97 Å². The van der Waals surface area contributed by atoms with Crippen molar-refractivity contribution in [3.63, 3.8) is 0 Å². The van der Waals surface area contributed by atoms with E-state index >= 15 is 0 Å². The minimum atomic E-state index is -0.282. The van der Waals surface area contributed by atoms with E-state index in [0.717, 1.165) is 27.6 Å². The fraction of sp³-hybridized carbons (Fsp3) is 0.107. The van der Waals surface area contributed by atoms with Crippen LogP contribution in [0.25, 0.3) is 23.1 Å². The van der Waals surface area contributed by atoms with Gasteiger partial charge in [-0.1, -0.05) is 12.1 Å². The number of methoxy groups -OCH3 is 1. The van der Waals surface area contributed by atoms with Crippen LogP contribution in [0.5, 0.6) is 11.5 Å². The number of carbonyl (C=O) groups is 2. The number of hydrogen-bond donors (Lipinski definition) is 1. The molecule has 4 rings (SSSR count). The van der Waals surface area contributed by atoms with Crippen LogP contribution in [0.2, 0.25) is 0 Å². The molecule has 4 aromatic rings. The summed E-state index contributed by atoms with van der Waals surface area (Å²) in [5, 5.41) is 1.07. The summed E-state index contributed by atoms with van der Waals surface area (Å²) in [6.07, 6.45) is 11.3. The van der Waals surface area contributed by atoms with Crippen molar-refractivity contribution in [1.29, 1.82) is 0 Å². The Bertz CT molecular complexity index is 1350. The molecular weight excluding hydrogens is 428 g/mol. The fourth-order valence-electron chi connectivity index (χ4n) is 3.40. The van der Waals surface area contributed by atoms with E-state index < -0.39 is 0 Å². The molecule has 0 atom stereocenters. The Kier molecular flexibility index (Phi) is 7.30. The molecule has 0 fully saturated rings. The summed E-state index contributed by atoms with van der Waals surface area (Å²) in [5.74, 6) is 0.685. The van der Waals surface area contributed by atoms with E-state index in [1.165, 1.54) is 12.2 Å². The van der Waals surface area contributed by atoms with E-state index in [9.17, 15) is 9.59 Å². The third kappa shape index (κ3) is 6.07. The molecule has 0 spiro atoms. The summed E-state index contributed by atoms with van der Waals surface area (Å²) in [7, 11) is 1.56. The van der Waals surface area contributed by atoms with Crippen molar-refractivity contribution in [2.24, 2.45) is 0 Å². The summed E-state index contributed by atoms with van der Waals surface area (Å²) >= 11 is 0. The number of pyridine rings is 1. The van der Waals surface area contributed by atoms with Gasteiger partial charge in [0.15, 0.2) is 11.6 Å². The molecule has 6 nitrogen and oxygen atoms in total.